The Hall–Kier alpha value is -3.46. The quantitative estimate of drug-likeness (QED) is 0.560. The molecule has 6 nitrogen and oxygen atoms in total. The Bertz CT molecular complexity index is 777. The molecule has 0 heterocycles. The number of phenolic OH excluding ortho intramolecular Hbond substituents is 1. The molecule has 0 aromatic heterocycles. The summed E-state index contributed by atoms with van der Waals surface area (Å²) >= 11 is 0. The molecule has 24 heavy (non-hydrogen) atoms. The first-order chi connectivity index (χ1) is 11.6. The molecule has 3 N–H and O–H groups in total. The number of phenols is 1. The molecule has 0 aliphatic heterocycles. The zero-order valence-electron chi connectivity index (χ0n) is 13.1. The molecule has 6 heteroatoms. The highest BCUT2D eigenvalue weighted by Crippen LogP contribution is 2.17. The molecule has 122 valence electrons. The largest absolute Gasteiger partial charge is 0.508 e. The lowest BCUT2D eigenvalue weighted by Crippen LogP contribution is -2.14. The number of nitrogens with zero attached hydrogens (tertiary/aromatic N) is 1. The van der Waals surface area contributed by atoms with E-state index < -0.39 is 5.91 Å². The molecule has 0 spiro atoms. The molecule has 2 aromatic rings. The minimum Gasteiger partial charge on any atom is -0.508 e. The first-order valence-electron chi connectivity index (χ1n) is 7.32. The number of ether oxygens (including phenoxy) is 1. The predicted molar refractivity (Wildman–Crippen MR) is 91.7 cm³/mol. The fourth-order valence-corrected chi connectivity index (χ4v) is 1.90. The van der Waals surface area contributed by atoms with Gasteiger partial charge in [0.2, 0.25) is 0 Å². The zero-order chi connectivity index (χ0) is 17.4. The molecular formula is C18H17N3O3. The van der Waals surface area contributed by atoms with Gasteiger partial charge in [-0.05, 0) is 43.3 Å². The number of aromatic hydroxyl groups is 1. The van der Waals surface area contributed by atoms with E-state index in [1.807, 2.05) is 13.0 Å². The van der Waals surface area contributed by atoms with Crippen LogP contribution in [0.4, 0.5) is 11.4 Å². The van der Waals surface area contributed by atoms with E-state index in [4.69, 9.17) is 10.00 Å². The lowest BCUT2D eigenvalue weighted by molar-refractivity contribution is -0.112. The third-order valence-electron chi connectivity index (χ3n) is 3.02. The van der Waals surface area contributed by atoms with Crippen LogP contribution >= 0.6 is 0 Å². The number of nitrogens with one attached hydrogen (secondary N) is 2. The van der Waals surface area contributed by atoms with E-state index in [2.05, 4.69) is 10.6 Å². The maximum absolute atomic E-state index is 12.1. The molecule has 0 aliphatic rings. The van der Waals surface area contributed by atoms with Crippen LogP contribution in [0, 0.1) is 11.3 Å². The van der Waals surface area contributed by atoms with E-state index in [0.717, 1.165) is 0 Å². The van der Waals surface area contributed by atoms with Gasteiger partial charge in [-0.1, -0.05) is 6.07 Å². The highest BCUT2D eigenvalue weighted by molar-refractivity contribution is 6.06. The number of anilines is 2. The topological polar surface area (TPSA) is 94.4 Å². The van der Waals surface area contributed by atoms with Gasteiger partial charge < -0.3 is 20.5 Å². The van der Waals surface area contributed by atoms with Gasteiger partial charge in [-0.15, -0.1) is 0 Å². The van der Waals surface area contributed by atoms with Crippen molar-refractivity contribution in [3.63, 3.8) is 0 Å². The molecule has 0 saturated carbocycles. The molecule has 0 radical (unpaired) electrons. The Labute approximate surface area is 140 Å². The van der Waals surface area contributed by atoms with Crippen molar-refractivity contribution in [3.05, 3.63) is 60.3 Å². The van der Waals surface area contributed by atoms with Crippen molar-refractivity contribution in [1.82, 2.24) is 0 Å². The molecular weight excluding hydrogens is 306 g/mol. The third-order valence-corrected chi connectivity index (χ3v) is 3.02. The van der Waals surface area contributed by atoms with Crippen LogP contribution in [0.2, 0.25) is 0 Å². The van der Waals surface area contributed by atoms with Crippen LogP contribution in [0.3, 0.4) is 0 Å². The smallest absolute Gasteiger partial charge is 0.267 e. The number of benzene rings is 2. The normalized spacial score (nSPS) is 10.6. The van der Waals surface area contributed by atoms with Gasteiger partial charge in [0.1, 0.15) is 23.1 Å². The summed E-state index contributed by atoms with van der Waals surface area (Å²) in [5.74, 6) is 0.261. The predicted octanol–water partition coefficient (Wildman–Crippen LogP) is 3.25. The average Bonchev–Trinajstić information content (AvgIpc) is 2.57. The molecule has 0 unspecified atom stereocenters. The first-order valence-corrected chi connectivity index (χ1v) is 7.32. The molecule has 0 fully saturated rings. The summed E-state index contributed by atoms with van der Waals surface area (Å²) in [4.78, 5) is 12.1. The van der Waals surface area contributed by atoms with Crippen molar-refractivity contribution in [2.24, 2.45) is 0 Å². The number of rotatable bonds is 6. The van der Waals surface area contributed by atoms with Gasteiger partial charge in [0.05, 0.1) is 6.61 Å². The first kappa shape index (κ1) is 16.9. The summed E-state index contributed by atoms with van der Waals surface area (Å²) in [6.07, 6.45) is 1.29. The molecule has 2 rings (SSSR count). The summed E-state index contributed by atoms with van der Waals surface area (Å²) in [5.41, 5.74) is 1.03. The van der Waals surface area contributed by atoms with Crippen molar-refractivity contribution in [2.45, 2.75) is 6.92 Å². The van der Waals surface area contributed by atoms with Crippen molar-refractivity contribution in [1.29, 1.82) is 5.26 Å². The number of nitriles is 1. The van der Waals surface area contributed by atoms with Gasteiger partial charge in [-0.25, -0.2) is 0 Å². The number of amides is 1. The minimum atomic E-state index is -0.533. The van der Waals surface area contributed by atoms with Crippen LogP contribution in [0.25, 0.3) is 0 Å². The van der Waals surface area contributed by atoms with Crippen LogP contribution in [0.15, 0.2) is 60.3 Å². The van der Waals surface area contributed by atoms with Gasteiger partial charge in [-0.3, -0.25) is 4.79 Å². The molecule has 0 aliphatic carbocycles. The van der Waals surface area contributed by atoms with Crippen LogP contribution in [-0.2, 0) is 4.79 Å². The van der Waals surface area contributed by atoms with Crippen LogP contribution in [0.5, 0.6) is 11.5 Å². The van der Waals surface area contributed by atoms with Gasteiger partial charge in [0.15, 0.2) is 0 Å². The number of hydrogen-bond acceptors (Lipinski definition) is 5. The van der Waals surface area contributed by atoms with Crippen molar-refractivity contribution in [3.8, 4) is 17.6 Å². The average molecular weight is 323 g/mol. The van der Waals surface area contributed by atoms with Crippen LogP contribution in [-0.4, -0.2) is 17.6 Å². The number of hydrogen-bond donors (Lipinski definition) is 3. The Morgan fingerprint density at radius 3 is 2.62 bits per heavy atom. The Morgan fingerprint density at radius 2 is 2.00 bits per heavy atom. The van der Waals surface area contributed by atoms with E-state index in [1.165, 1.54) is 18.3 Å². The Kier molecular flexibility index (Phi) is 5.81. The lowest BCUT2D eigenvalue weighted by Gasteiger charge is -2.07. The van der Waals surface area contributed by atoms with Crippen molar-refractivity contribution >= 4 is 17.3 Å². The SMILES string of the molecule is CCOc1ccc(NC(=O)/C(C#N)=C\Nc2cccc(O)c2)cc1. The maximum atomic E-state index is 12.1. The minimum absolute atomic E-state index is 0.0887. The maximum Gasteiger partial charge on any atom is 0.267 e. The van der Waals surface area contributed by atoms with E-state index in [1.54, 1.807) is 36.4 Å². The molecule has 1 amide bonds. The summed E-state index contributed by atoms with van der Waals surface area (Å²) < 4.78 is 5.32. The Balaban J connectivity index is 2.03. The van der Waals surface area contributed by atoms with Gasteiger partial charge in [-0.2, -0.15) is 5.26 Å². The zero-order valence-corrected chi connectivity index (χ0v) is 13.1. The highest BCUT2D eigenvalue weighted by Gasteiger charge is 2.09. The Morgan fingerprint density at radius 1 is 1.25 bits per heavy atom. The van der Waals surface area contributed by atoms with E-state index in [-0.39, 0.29) is 11.3 Å². The molecule has 0 bridgehead atoms. The van der Waals surface area contributed by atoms with Crippen molar-refractivity contribution in [2.75, 3.05) is 17.2 Å². The van der Waals surface area contributed by atoms with E-state index >= 15 is 0 Å². The second-order valence-electron chi connectivity index (χ2n) is 4.78. The number of carbonyl (C=O) groups is 1. The van der Waals surface area contributed by atoms with Gasteiger partial charge >= 0.3 is 0 Å². The van der Waals surface area contributed by atoms with Crippen LogP contribution < -0.4 is 15.4 Å². The second kappa shape index (κ2) is 8.25. The summed E-state index contributed by atoms with van der Waals surface area (Å²) in [6, 6.07) is 15.1. The fraction of sp³-hybridized carbons (Fsp3) is 0.111. The molecule has 0 atom stereocenters. The fourth-order valence-electron chi connectivity index (χ4n) is 1.90. The summed E-state index contributed by atoms with van der Waals surface area (Å²) in [7, 11) is 0. The van der Waals surface area contributed by atoms with E-state index in [0.29, 0.717) is 23.7 Å². The van der Waals surface area contributed by atoms with E-state index in [9.17, 15) is 9.90 Å². The highest BCUT2D eigenvalue weighted by atomic mass is 16.5. The lowest BCUT2D eigenvalue weighted by atomic mass is 10.2. The van der Waals surface area contributed by atoms with Crippen molar-refractivity contribution < 1.29 is 14.6 Å². The third kappa shape index (κ3) is 4.78. The summed E-state index contributed by atoms with van der Waals surface area (Å²) in [6.45, 7) is 2.45. The molecule has 0 saturated heterocycles. The second-order valence-corrected chi connectivity index (χ2v) is 4.78. The molecule has 2 aromatic carbocycles. The monoisotopic (exact) mass is 323 g/mol. The van der Waals surface area contributed by atoms with Crippen LogP contribution in [0.1, 0.15) is 6.92 Å². The van der Waals surface area contributed by atoms with Gasteiger partial charge in [0.25, 0.3) is 5.91 Å². The summed E-state index contributed by atoms with van der Waals surface area (Å²) in [5, 5.41) is 24.0. The van der Waals surface area contributed by atoms with Gasteiger partial charge in [0, 0.05) is 23.6 Å². The number of carbonyl (C=O) groups excluding carboxylic acids is 1. The standard InChI is InChI=1S/C18H17N3O3/c1-2-24-17-8-6-14(7-9-17)21-18(23)13(11-19)12-20-15-4-3-5-16(22)10-15/h3-10,12,20,22H,2H2,1H3,(H,21,23)/b13-12-.